The molecule has 20 heavy (non-hydrogen) atoms. The largest absolute Gasteiger partial charge is 0.350 e. The molecule has 1 N–H and O–H groups in total. The van der Waals surface area contributed by atoms with Crippen LogP contribution in [-0.4, -0.2) is 37.0 Å². The molecule has 2 rings (SSSR count). The van der Waals surface area contributed by atoms with E-state index in [0.29, 0.717) is 6.04 Å². The van der Waals surface area contributed by atoms with Gasteiger partial charge in [-0.05, 0) is 38.4 Å². The van der Waals surface area contributed by atoms with Gasteiger partial charge in [0, 0.05) is 24.0 Å². The van der Waals surface area contributed by atoms with Crippen LogP contribution in [0, 0.1) is 0 Å². The van der Waals surface area contributed by atoms with Gasteiger partial charge in [-0.15, -0.1) is 11.3 Å². The minimum Gasteiger partial charge on any atom is -0.350 e. The highest BCUT2D eigenvalue weighted by Gasteiger charge is 2.17. The van der Waals surface area contributed by atoms with Gasteiger partial charge in [0.25, 0.3) is 5.91 Å². The van der Waals surface area contributed by atoms with Crippen molar-refractivity contribution >= 4 is 17.2 Å². The zero-order valence-electron chi connectivity index (χ0n) is 12.7. The molecule has 3 nitrogen and oxygen atoms in total. The molecule has 4 heteroatoms. The highest BCUT2D eigenvalue weighted by atomic mass is 32.1. The lowest BCUT2D eigenvalue weighted by atomic mass is 9.94. The van der Waals surface area contributed by atoms with Crippen LogP contribution in [0.1, 0.15) is 53.6 Å². The number of nitrogens with zero attached hydrogens (tertiary/aromatic N) is 1. The first-order chi connectivity index (χ1) is 9.70. The van der Waals surface area contributed by atoms with Crippen LogP contribution in [0.5, 0.6) is 0 Å². The molecule has 0 bridgehead atoms. The van der Waals surface area contributed by atoms with Crippen molar-refractivity contribution in [1.82, 2.24) is 10.2 Å². The Balaban J connectivity index is 1.70. The molecule has 1 aromatic heterocycles. The quantitative estimate of drug-likeness (QED) is 0.873. The minimum atomic E-state index is 0.0757. The van der Waals surface area contributed by atoms with E-state index in [1.54, 1.807) is 11.3 Å². The van der Waals surface area contributed by atoms with Crippen molar-refractivity contribution in [3.05, 3.63) is 21.9 Å². The number of hydrogen-bond acceptors (Lipinski definition) is 3. The van der Waals surface area contributed by atoms with Crippen LogP contribution in [0.3, 0.4) is 0 Å². The number of carbonyl (C=O) groups is 1. The SMILES string of the molecule is CCc1ccc(C(=O)NCCN(C)C2CCCCC2)s1. The Morgan fingerprint density at radius 3 is 2.75 bits per heavy atom. The normalized spacial score (nSPS) is 16.6. The molecule has 1 saturated carbocycles. The second kappa shape index (κ2) is 7.79. The van der Waals surface area contributed by atoms with Gasteiger partial charge in [0.15, 0.2) is 0 Å². The number of aryl methyl sites for hydroxylation is 1. The maximum absolute atomic E-state index is 12.0. The molecule has 1 aliphatic rings. The molecule has 1 aromatic rings. The number of amides is 1. The predicted molar refractivity (Wildman–Crippen MR) is 85.5 cm³/mol. The van der Waals surface area contributed by atoms with Crippen molar-refractivity contribution in [2.45, 2.75) is 51.5 Å². The van der Waals surface area contributed by atoms with Gasteiger partial charge >= 0.3 is 0 Å². The lowest BCUT2D eigenvalue weighted by Crippen LogP contribution is -2.39. The van der Waals surface area contributed by atoms with Gasteiger partial charge in [0.2, 0.25) is 0 Å². The van der Waals surface area contributed by atoms with Crippen LogP contribution in [0.25, 0.3) is 0 Å². The van der Waals surface area contributed by atoms with Crippen LogP contribution < -0.4 is 5.32 Å². The first-order valence-electron chi connectivity index (χ1n) is 7.78. The Kier molecular flexibility index (Phi) is 6.05. The van der Waals surface area contributed by atoms with E-state index < -0.39 is 0 Å². The topological polar surface area (TPSA) is 32.3 Å². The number of carbonyl (C=O) groups excluding carboxylic acids is 1. The van der Waals surface area contributed by atoms with Gasteiger partial charge in [-0.1, -0.05) is 26.2 Å². The van der Waals surface area contributed by atoms with Crippen LogP contribution in [0.4, 0.5) is 0 Å². The van der Waals surface area contributed by atoms with Crippen molar-refractivity contribution < 1.29 is 4.79 Å². The third kappa shape index (κ3) is 4.32. The number of thiophene rings is 1. The molecule has 0 spiro atoms. The minimum absolute atomic E-state index is 0.0757. The summed E-state index contributed by atoms with van der Waals surface area (Å²) in [5, 5.41) is 3.04. The van der Waals surface area contributed by atoms with E-state index in [2.05, 4.69) is 24.2 Å². The summed E-state index contributed by atoms with van der Waals surface area (Å²) < 4.78 is 0. The summed E-state index contributed by atoms with van der Waals surface area (Å²) in [6.07, 6.45) is 7.73. The molecule has 1 fully saturated rings. The van der Waals surface area contributed by atoms with Crippen molar-refractivity contribution in [2.24, 2.45) is 0 Å². The summed E-state index contributed by atoms with van der Waals surface area (Å²) in [6.45, 7) is 3.81. The smallest absolute Gasteiger partial charge is 0.261 e. The van der Waals surface area contributed by atoms with Crippen molar-refractivity contribution in [3.63, 3.8) is 0 Å². The third-order valence-corrected chi connectivity index (χ3v) is 5.41. The average Bonchev–Trinajstić information content (AvgIpc) is 2.97. The first-order valence-corrected chi connectivity index (χ1v) is 8.59. The Morgan fingerprint density at radius 1 is 1.35 bits per heavy atom. The molecule has 0 unspecified atom stereocenters. The van der Waals surface area contributed by atoms with Gasteiger partial charge in [0.05, 0.1) is 4.88 Å². The van der Waals surface area contributed by atoms with E-state index in [0.717, 1.165) is 24.4 Å². The lowest BCUT2D eigenvalue weighted by Gasteiger charge is -2.31. The summed E-state index contributed by atoms with van der Waals surface area (Å²) in [4.78, 5) is 16.5. The van der Waals surface area contributed by atoms with E-state index in [9.17, 15) is 4.79 Å². The second-order valence-corrected chi connectivity index (χ2v) is 6.82. The summed E-state index contributed by atoms with van der Waals surface area (Å²) >= 11 is 1.60. The number of likely N-dealkylation sites (N-methyl/N-ethyl adjacent to an activating group) is 1. The van der Waals surface area contributed by atoms with Gasteiger partial charge in [-0.25, -0.2) is 0 Å². The van der Waals surface area contributed by atoms with E-state index >= 15 is 0 Å². The van der Waals surface area contributed by atoms with Gasteiger partial charge in [0.1, 0.15) is 0 Å². The monoisotopic (exact) mass is 294 g/mol. The van der Waals surface area contributed by atoms with Gasteiger partial charge < -0.3 is 10.2 Å². The molecule has 1 amide bonds. The Bertz CT molecular complexity index is 424. The molecule has 0 atom stereocenters. The summed E-state index contributed by atoms with van der Waals surface area (Å²) in [6, 6.07) is 4.70. The number of hydrogen-bond donors (Lipinski definition) is 1. The molecule has 0 saturated heterocycles. The molecular weight excluding hydrogens is 268 g/mol. The van der Waals surface area contributed by atoms with Crippen molar-refractivity contribution in [1.29, 1.82) is 0 Å². The van der Waals surface area contributed by atoms with Gasteiger partial charge in [-0.3, -0.25) is 4.79 Å². The fourth-order valence-electron chi connectivity index (χ4n) is 2.83. The Labute approximate surface area is 126 Å². The highest BCUT2D eigenvalue weighted by molar-refractivity contribution is 7.14. The fraction of sp³-hybridized carbons (Fsp3) is 0.688. The second-order valence-electron chi connectivity index (χ2n) is 5.65. The van der Waals surface area contributed by atoms with Gasteiger partial charge in [-0.2, -0.15) is 0 Å². The zero-order chi connectivity index (χ0) is 14.4. The lowest BCUT2D eigenvalue weighted by molar-refractivity contribution is 0.0948. The molecule has 1 aliphatic carbocycles. The summed E-state index contributed by atoms with van der Waals surface area (Å²) in [7, 11) is 2.18. The predicted octanol–water partition coefficient (Wildman–Crippen LogP) is 3.30. The molecule has 112 valence electrons. The number of rotatable bonds is 6. The van der Waals surface area contributed by atoms with Crippen LogP contribution in [0.2, 0.25) is 0 Å². The Morgan fingerprint density at radius 2 is 2.10 bits per heavy atom. The summed E-state index contributed by atoms with van der Waals surface area (Å²) in [5.41, 5.74) is 0. The maximum Gasteiger partial charge on any atom is 0.261 e. The van der Waals surface area contributed by atoms with Crippen LogP contribution >= 0.6 is 11.3 Å². The third-order valence-electron chi connectivity index (χ3n) is 4.18. The van der Waals surface area contributed by atoms with Crippen molar-refractivity contribution in [2.75, 3.05) is 20.1 Å². The highest BCUT2D eigenvalue weighted by Crippen LogP contribution is 2.21. The Hall–Kier alpha value is -0.870. The van der Waals surface area contributed by atoms with E-state index in [1.165, 1.54) is 37.0 Å². The van der Waals surface area contributed by atoms with E-state index in [1.807, 2.05) is 12.1 Å². The number of nitrogens with one attached hydrogen (secondary N) is 1. The summed E-state index contributed by atoms with van der Waals surface area (Å²) in [5.74, 6) is 0.0757. The molecule has 0 aromatic carbocycles. The maximum atomic E-state index is 12.0. The molecule has 0 aliphatic heterocycles. The molecule has 0 radical (unpaired) electrons. The standard InChI is InChI=1S/C16H26N2OS/c1-3-14-9-10-15(20-14)16(19)17-11-12-18(2)13-7-5-4-6-8-13/h9-10,13H,3-8,11-12H2,1-2H3,(H,17,19). The molecule has 1 heterocycles. The average molecular weight is 294 g/mol. The van der Waals surface area contributed by atoms with Crippen LogP contribution in [0.15, 0.2) is 12.1 Å². The zero-order valence-corrected chi connectivity index (χ0v) is 13.5. The van der Waals surface area contributed by atoms with Crippen LogP contribution in [-0.2, 0) is 6.42 Å². The van der Waals surface area contributed by atoms with E-state index in [4.69, 9.17) is 0 Å². The first kappa shape index (κ1) is 15.5. The fourth-order valence-corrected chi connectivity index (χ4v) is 3.69. The van der Waals surface area contributed by atoms with Crippen molar-refractivity contribution in [3.8, 4) is 0 Å². The molecular formula is C16H26N2OS. The van der Waals surface area contributed by atoms with E-state index in [-0.39, 0.29) is 5.91 Å².